The Balaban J connectivity index is 1.41. The summed E-state index contributed by atoms with van der Waals surface area (Å²) < 4.78 is 4.87. The highest BCUT2D eigenvalue weighted by molar-refractivity contribution is 7.71. The van der Waals surface area contributed by atoms with Crippen LogP contribution in [-0.2, 0) is 13.2 Å². The highest BCUT2D eigenvalue weighted by Crippen LogP contribution is 2.07. The van der Waals surface area contributed by atoms with Gasteiger partial charge in [-0.15, -0.1) is 0 Å². The number of nitrogens with zero attached hydrogens (tertiary/aromatic N) is 6. The third-order valence-corrected chi connectivity index (χ3v) is 5.40. The van der Waals surface area contributed by atoms with Crippen LogP contribution in [0.4, 0.5) is 5.95 Å². The fourth-order valence-electron chi connectivity index (χ4n) is 3.45. The lowest BCUT2D eigenvalue weighted by molar-refractivity contribution is -0.924. The molecule has 0 spiro atoms. The zero-order valence-corrected chi connectivity index (χ0v) is 16.3. The van der Waals surface area contributed by atoms with Crippen LogP contribution in [0, 0.1) is 11.7 Å². The van der Waals surface area contributed by atoms with E-state index in [2.05, 4.69) is 43.7 Å². The molecule has 1 saturated heterocycles. The van der Waals surface area contributed by atoms with Crippen LogP contribution in [0.2, 0.25) is 0 Å². The van der Waals surface area contributed by atoms with E-state index in [9.17, 15) is 0 Å². The Kier molecular flexibility index (Phi) is 5.26. The average molecular weight is 383 g/mol. The molecule has 1 fully saturated rings. The van der Waals surface area contributed by atoms with E-state index in [-0.39, 0.29) is 0 Å². The van der Waals surface area contributed by atoms with Gasteiger partial charge in [0.1, 0.15) is 5.82 Å². The summed E-state index contributed by atoms with van der Waals surface area (Å²) in [5.74, 6) is 1.77. The van der Waals surface area contributed by atoms with E-state index in [0.29, 0.717) is 0 Å². The molecule has 0 radical (unpaired) electrons. The molecule has 0 amide bonds. The molecule has 2 aromatic heterocycles. The third-order valence-electron chi connectivity index (χ3n) is 4.97. The SMILES string of the molecule is Cc1nn(C[NH+]2CCN(c3ncccn3)CC2)c(=S)n1Cc1ccccc1. The summed E-state index contributed by atoms with van der Waals surface area (Å²) in [5.41, 5.74) is 1.24. The van der Waals surface area contributed by atoms with Gasteiger partial charge >= 0.3 is 0 Å². The Morgan fingerprint density at radius 1 is 1.04 bits per heavy atom. The van der Waals surface area contributed by atoms with Gasteiger partial charge in [0.25, 0.3) is 0 Å². The number of benzene rings is 1. The molecule has 0 bridgehead atoms. The molecule has 1 aliphatic heterocycles. The number of hydrogen-bond acceptors (Lipinski definition) is 5. The molecule has 0 atom stereocenters. The Bertz CT molecular complexity index is 928. The van der Waals surface area contributed by atoms with Crippen molar-refractivity contribution in [1.82, 2.24) is 24.3 Å². The van der Waals surface area contributed by atoms with Gasteiger partial charge in [-0.2, -0.15) is 9.78 Å². The summed E-state index contributed by atoms with van der Waals surface area (Å²) in [6.45, 7) is 7.50. The highest BCUT2D eigenvalue weighted by Gasteiger charge is 2.22. The minimum absolute atomic E-state index is 0.764. The molecular formula is C19H24N7S+. The van der Waals surface area contributed by atoms with Crippen LogP contribution in [-0.4, -0.2) is 50.5 Å². The predicted octanol–water partition coefficient (Wildman–Crippen LogP) is 0.923. The monoisotopic (exact) mass is 382 g/mol. The molecule has 7 nitrogen and oxygen atoms in total. The van der Waals surface area contributed by atoms with Gasteiger partial charge in [0.2, 0.25) is 10.7 Å². The van der Waals surface area contributed by atoms with Crippen LogP contribution < -0.4 is 9.80 Å². The van der Waals surface area contributed by atoms with Crippen LogP contribution in [0.5, 0.6) is 0 Å². The number of aromatic nitrogens is 5. The van der Waals surface area contributed by atoms with Crippen molar-refractivity contribution in [2.45, 2.75) is 20.1 Å². The number of rotatable bonds is 5. The maximum atomic E-state index is 5.70. The van der Waals surface area contributed by atoms with E-state index in [4.69, 9.17) is 17.3 Å². The second-order valence-electron chi connectivity index (χ2n) is 6.85. The maximum absolute atomic E-state index is 5.70. The van der Waals surface area contributed by atoms with E-state index < -0.39 is 0 Å². The smallest absolute Gasteiger partial charge is 0.225 e. The normalized spacial score (nSPS) is 15.2. The highest BCUT2D eigenvalue weighted by atomic mass is 32.1. The third kappa shape index (κ3) is 4.06. The van der Waals surface area contributed by atoms with Crippen molar-refractivity contribution in [3.8, 4) is 0 Å². The van der Waals surface area contributed by atoms with Gasteiger partial charge < -0.3 is 9.80 Å². The molecule has 3 aromatic rings. The lowest BCUT2D eigenvalue weighted by atomic mass is 10.2. The second-order valence-corrected chi connectivity index (χ2v) is 7.21. The number of quaternary nitrogens is 1. The minimum atomic E-state index is 0.764. The number of hydrogen-bond donors (Lipinski definition) is 1. The molecule has 0 aliphatic carbocycles. The van der Waals surface area contributed by atoms with Crippen LogP contribution in [0.1, 0.15) is 11.4 Å². The molecule has 3 heterocycles. The Morgan fingerprint density at radius 3 is 2.44 bits per heavy atom. The Morgan fingerprint density at radius 2 is 1.74 bits per heavy atom. The zero-order valence-electron chi connectivity index (χ0n) is 15.5. The first-order valence-corrected chi connectivity index (χ1v) is 9.65. The maximum Gasteiger partial charge on any atom is 0.225 e. The lowest BCUT2D eigenvalue weighted by Gasteiger charge is -2.31. The standard InChI is InChI=1S/C19H23N7S/c1-16-22-26(19(27)25(16)14-17-6-3-2-4-7-17)15-23-10-12-24(13-11-23)18-20-8-5-9-21-18/h2-9H,10-15H2,1H3/p+1. The first-order chi connectivity index (χ1) is 13.2. The predicted molar refractivity (Wildman–Crippen MR) is 106 cm³/mol. The molecule has 0 unspecified atom stereocenters. The van der Waals surface area contributed by atoms with Crippen molar-refractivity contribution >= 4 is 18.2 Å². The van der Waals surface area contributed by atoms with Crippen molar-refractivity contribution in [3.63, 3.8) is 0 Å². The minimum Gasteiger partial charge on any atom is -0.330 e. The van der Waals surface area contributed by atoms with Crippen LogP contribution in [0.25, 0.3) is 0 Å². The van der Waals surface area contributed by atoms with Crippen molar-refractivity contribution in [1.29, 1.82) is 0 Å². The van der Waals surface area contributed by atoms with Crippen molar-refractivity contribution in [2.24, 2.45) is 0 Å². The molecule has 1 N–H and O–H groups in total. The first-order valence-electron chi connectivity index (χ1n) is 9.24. The first kappa shape index (κ1) is 17.8. The molecule has 8 heteroatoms. The van der Waals surface area contributed by atoms with Gasteiger partial charge in [0, 0.05) is 12.4 Å². The fourth-order valence-corrected chi connectivity index (χ4v) is 3.75. The summed E-state index contributed by atoms with van der Waals surface area (Å²) in [6, 6.07) is 12.2. The quantitative estimate of drug-likeness (QED) is 0.665. The Labute approximate surface area is 163 Å². The summed E-state index contributed by atoms with van der Waals surface area (Å²) in [5, 5.41) is 4.69. The van der Waals surface area contributed by atoms with Gasteiger partial charge in [-0.1, -0.05) is 30.3 Å². The lowest BCUT2D eigenvalue weighted by Crippen LogP contribution is -3.14. The molecule has 1 aromatic carbocycles. The van der Waals surface area contributed by atoms with E-state index in [0.717, 1.165) is 55.9 Å². The van der Waals surface area contributed by atoms with Gasteiger partial charge in [-0.25, -0.2) is 9.97 Å². The molecule has 4 rings (SSSR count). The van der Waals surface area contributed by atoms with E-state index in [1.54, 1.807) is 12.4 Å². The van der Waals surface area contributed by atoms with Crippen molar-refractivity contribution < 1.29 is 4.90 Å². The molecular weight excluding hydrogens is 358 g/mol. The van der Waals surface area contributed by atoms with Crippen LogP contribution in [0.15, 0.2) is 48.8 Å². The van der Waals surface area contributed by atoms with Gasteiger partial charge in [-0.3, -0.25) is 4.57 Å². The van der Waals surface area contributed by atoms with E-state index in [1.807, 2.05) is 23.7 Å². The fraction of sp³-hybridized carbons (Fsp3) is 0.368. The average Bonchev–Trinajstić information content (AvgIpc) is 2.97. The van der Waals surface area contributed by atoms with Gasteiger partial charge in [-0.05, 0) is 30.8 Å². The topological polar surface area (TPSA) is 56.2 Å². The van der Waals surface area contributed by atoms with Crippen molar-refractivity contribution in [3.05, 3.63) is 65.0 Å². The molecule has 27 heavy (non-hydrogen) atoms. The summed E-state index contributed by atoms with van der Waals surface area (Å²) in [6.07, 6.45) is 3.59. The van der Waals surface area contributed by atoms with Gasteiger partial charge in [0.05, 0.1) is 32.7 Å². The largest absolute Gasteiger partial charge is 0.330 e. The van der Waals surface area contributed by atoms with Crippen LogP contribution >= 0.6 is 12.2 Å². The summed E-state index contributed by atoms with van der Waals surface area (Å²) >= 11 is 5.70. The number of anilines is 1. The van der Waals surface area contributed by atoms with Gasteiger partial charge in [0.15, 0.2) is 6.67 Å². The second kappa shape index (κ2) is 7.98. The summed E-state index contributed by atoms with van der Waals surface area (Å²) in [4.78, 5) is 12.4. The summed E-state index contributed by atoms with van der Waals surface area (Å²) in [7, 11) is 0. The van der Waals surface area contributed by atoms with Crippen molar-refractivity contribution in [2.75, 3.05) is 31.1 Å². The van der Waals surface area contributed by atoms with E-state index in [1.165, 1.54) is 10.5 Å². The number of piperazine rings is 1. The molecule has 0 saturated carbocycles. The Hall–Kier alpha value is -2.58. The van der Waals surface area contributed by atoms with Crippen LogP contribution in [0.3, 0.4) is 0 Å². The molecule has 140 valence electrons. The van der Waals surface area contributed by atoms with E-state index >= 15 is 0 Å². The number of aryl methyl sites for hydroxylation is 1. The zero-order chi connectivity index (χ0) is 18.6. The number of nitrogens with one attached hydrogen (secondary N) is 1. The molecule has 1 aliphatic rings.